The molecule has 1 amide bonds. The number of carbonyl (C=O) groups excluding carboxylic acids is 1. The van der Waals surface area contributed by atoms with Gasteiger partial charge in [0, 0.05) is 35.1 Å². The molecule has 9 heteroatoms. The number of amides is 1. The second-order valence-electron chi connectivity index (χ2n) is 9.93. The molecular formula is C31H29ClFN3O3S. The van der Waals surface area contributed by atoms with E-state index in [0.29, 0.717) is 45.8 Å². The third kappa shape index (κ3) is 5.60. The zero-order chi connectivity index (χ0) is 28.4. The van der Waals surface area contributed by atoms with Crippen LogP contribution < -0.4 is 10.3 Å². The van der Waals surface area contributed by atoms with E-state index in [1.807, 2.05) is 36.3 Å². The molecule has 0 bridgehead atoms. The van der Waals surface area contributed by atoms with Gasteiger partial charge < -0.3 is 9.64 Å². The van der Waals surface area contributed by atoms with Gasteiger partial charge in [-0.15, -0.1) is 11.3 Å². The standard InChI is InChI=1S/C31H29ClFN3O3S/c1-19(2)15-26-23(30(37)35-13-5-4-6-14-35)17-24(29-34-25(18-40-29)20-7-9-21(32)10-8-20)31(38)36(26)27-16-22(33)11-12-28(27)39-3/h7-12,15-18H,4-6,13-14H2,1-3H3. The van der Waals surface area contributed by atoms with Crippen LogP contribution in [0.5, 0.6) is 5.75 Å². The molecule has 0 radical (unpaired) electrons. The van der Waals surface area contributed by atoms with E-state index in [2.05, 4.69) is 0 Å². The molecular weight excluding hydrogens is 549 g/mol. The summed E-state index contributed by atoms with van der Waals surface area (Å²) in [5.74, 6) is -0.395. The maximum Gasteiger partial charge on any atom is 0.266 e. The van der Waals surface area contributed by atoms with Crippen LogP contribution in [0, 0.1) is 5.82 Å². The zero-order valence-electron chi connectivity index (χ0n) is 22.5. The topological polar surface area (TPSA) is 64.4 Å². The molecule has 0 saturated carbocycles. The van der Waals surface area contributed by atoms with Gasteiger partial charge in [-0.1, -0.05) is 29.3 Å². The molecule has 6 nitrogen and oxygen atoms in total. The van der Waals surface area contributed by atoms with Gasteiger partial charge in [-0.2, -0.15) is 0 Å². The number of pyridine rings is 1. The zero-order valence-corrected chi connectivity index (χ0v) is 24.1. The molecule has 2 aromatic carbocycles. The normalized spacial score (nSPS) is 13.3. The highest BCUT2D eigenvalue weighted by Gasteiger charge is 2.27. The lowest BCUT2D eigenvalue weighted by Gasteiger charge is -2.28. The number of allylic oxidation sites excluding steroid dienone is 1. The quantitative estimate of drug-likeness (QED) is 0.238. The van der Waals surface area contributed by atoms with Crippen LogP contribution in [0.4, 0.5) is 4.39 Å². The van der Waals surface area contributed by atoms with Crippen molar-refractivity contribution >= 4 is 34.9 Å². The van der Waals surface area contributed by atoms with Gasteiger partial charge in [0.25, 0.3) is 11.5 Å². The maximum absolute atomic E-state index is 14.6. The minimum Gasteiger partial charge on any atom is -0.495 e. The summed E-state index contributed by atoms with van der Waals surface area (Å²) in [4.78, 5) is 34.9. The monoisotopic (exact) mass is 577 g/mol. The molecule has 206 valence electrons. The van der Waals surface area contributed by atoms with E-state index in [-0.39, 0.29) is 17.2 Å². The lowest BCUT2D eigenvalue weighted by atomic mass is 10.0. The molecule has 0 spiro atoms. The predicted octanol–water partition coefficient (Wildman–Crippen LogP) is 7.48. The number of likely N-dealkylation sites (tertiary alicyclic amines) is 1. The fourth-order valence-electron chi connectivity index (χ4n) is 4.87. The molecule has 0 atom stereocenters. The highest BCUT2D eigenvalue weighted by Crippen LogP contribution is 2.32. The summed E-state index contributed by atoms with van der Waals surface area (Å²) in [7, 11) is 1.46. The molecule has 0 N–H and O–H groups in total. The van der Waals surface area contributed by atoms with Crippen molar-refractivity contribution in [2.24, 2.45) is 0 Å². The van der Waals surface area contributed by atoms with Crippen LogP contribution >= 0.6 is 22.9 Å². The Hall–Kier alpha value is -3.75. The van der Waals surface area contributed by atoms with E-state index < -0.39 is 11.4 Å². The predicted molar refractivity (Wildman–Crippen MR) is 159 cm³/mol. The highest BCUT2D eigenvalue weighted by atomic mass is 35.5. The number of piperidine rings is 1. The van der Waals surface area contributed by atoms with Gasteiger partial charge in [0.05, 0.1) is 35.3 Å². The Bertz CT molecular complexity index is 1650. The summed E-state index contributed by atoms with van der Waals surface area (Å²) in [6, 6.07) is 12.9. The van der Waals surface area contributed by atoms with Gasteiger partial charge in [0.1, 0.15) is 16.6 Å². The molecule has 4 aromatic rings. The van der Waals surface area contributed by atoms with Crippen LogP contribution in [0.25, 0.3) is 33.6 Å². The summed E-state index contributed by atoms with van der Waals surface area (Å²) in [6.07, 6.45) is 4.70. The number of nitrogens with zero attached hydrogens (tertiary/aromatic N) is 3. The van der Waals surface area contributed by atoms with Crippen molar-refractivity contribution in [1.82, 2.24) is 14.5 Å². The minimum atomic E-state index is -0.528. The van der Waals surface area contributed by atoms with Crippen LogP contribution in [0.15, 0.2) is 64.3 Å². The van der Waals surface area contributed by atoms with E-state index in [9.17, 15) is 14.0 Å². The number of methoxy groups -OCH3 is 1. The van der Waals surface area contributed by atoms with Crippen molar-refractivity contribution in [2.75, 3.05) is 20.2 Å². The largest absolute Gasteiger partial charge is 0.495 e. The number of hydrogen-bond donors (Lipinski definition) is 0. The van der Waals surface area contributed by atoms with Crippen LogP contribution in [0.2, 0.25) is 5.02 Å². The van der Waals surface area contributed by atoms with Crippen molar-refractivity contribution in [1.29, 1.82) is 0 Å². The summed E-state index contributed by atoms with van der Waals surface area (Å²) < 4.78 is 21.5. The average molecular weight is 578 g/mol. The van der Waals surface area contributed by atoms with Crippen LogP contribution in [0.1, 0.15) is 49.2 Å². The summed E-state index contributed by atoms with van der Waals surface area (Å²) in [5.41, 5.74) is 3.18. The Morgan fingerprint density at radius 1 is 1.07 bits per heavy atom. The Balaban J connectivity index is 1.79. The van der Waals surface area contributed by atoms with Crippen molar-refractivity contribution in [3.05, 3.63) is 91.9 Å². The van der Waals surface area contributed by atoms with E-state index in [1.54, 1.807) is 24.3 Å². The smallest absolute Gasteiger partial charge is 0.266 e. The summed E-state index contributed by atoms with van der Waals surface area (Å²) >= 11 is 7.36. The molecule has 1 aliphatic rings. The highest BCUT2D eigenvalue weighted by molar-refractivity contribution is 7.13. The van der Waals surface area contributed by atoms with E-state index >= 15 is 0 Å². The summed E-state index contributed by atoms with van der Waals surface area (Å²) in [6.45, 7) is 5.06. The van der Waals surface area contributed by atoms with E-state index in [0.717, 1.165) is 30.4 Å². The molecule has 1 fully saturated rings. The van der Waals surface area contributed by atoms with Crippen molar-refractivity contribution < 1.29 is 13.9 Å². The first-order valence-electron chi connectivity index (χ1n) is 13.1. The number of hydrogen-bond acceptors (Lipinski definition) is 5. The molecule has 1 saturated heterocycles. The number of carbonyl (C=O) groups is 1. The lowest BCUT2D eigenvalue weighted by molar-refractivity contribution is 0.0723. The second kappa shape index (κ2) is 11.8. The third-order valence-electron chi connectivity index (χ3n) is 6.79. The van der Waals surface area contributed by atoms with Gasteiger partial charge in [-0.3, -0.25) is 14.2 Å². The number of benzene rings is 2. The van der Waals surface area contributed by atoms with Crippen molar-refractivity contribution in [2.45, 2.75) is 33.1 Å². The van der Waals surface area contributed by atoms with E-state index in [1.165, 1.54) is 41.2 Å². The van der Waals surface area contributed by atoms with Crippen LogP contribution in [0.3, 0.4) is 0 Å². The fourth-order valence-corrected chi connectivity index (χ4v) is 5.83. The van der Waals surface area contributed by atoms with E-state index in [4.69, 9.17) is 21.3 Å². The fraction of sp³-hybridized carbons (Fsp3) is 0.258. The van der Waals surface area contributed by atoms with Crippen molar-refractivity contribution in [3.63, 3.8) is 0 Å². The third-order valence-corrected chi connectivity index (χ3v) is 7.92. The number of ether oxygens (including phenoxy) is 1. The molecule has 1 aliphatic heterocycles. The van der Waals surface area contributed by atoms with Crippen molar-refractivity contribution in [3.8, 4) is 33.3 Å². The Morgan fingerprint density at radius 2 is 1.80 bits per heavy atom. The minimum absolute atomic E-state index is 0.174. The average Bonchev–Trinajstić information content (AvgIpc) is 3.43. The summed E-state index contributed by atoms with van der Waals surface area (Å²) in [5, 5.41) is 2.93. The Kier molecular flexibility index (Phi) is 8.19. The molecule has 3 heterocycles. The molecule has 2 aromatic heterocycles. The first-order valence-corrected chi connectivity index (χ1v) is 14.3. The molecule has 0 unspecified atom stereocenters. The van der Waals surface area contributed by atoms with Gasteiger partial charge in [-0.25, -0.2) is 9.37 Å². The SMILES string of the molecule is COc1ccc(F)cc1-n1c(C=C(C)C)c(C(=O)N2CCCCC2)cc(-c2nc(-c3ccc(Cl)cc3)cs2)c1=O. The number of halogens is 2. The van der Waals surface area contributed by atoms with Gasteiger partial charge >= 0.3 is 0 Å². The Morgan fingerprint density at radius 3 is 2.48 bits per heavy atom. The first kappa shape index (κ1) is 27.8. The second-order valence-corrected chi connectivity index (χ2v) is 11.2. The van der Waals surface area contributed by atoms with Crippen LogP contribution in [-0.2, 0) is 0 Å². The number of thiazole rings is 1. The maximum atomic E-state index is 14.6. The number of rotatable bonds is 6. The van der Waals surface area contributed by atoms with Gasteiger partial charge in [0.2, 0.25) is 0 Å². The van der Waals surface area contributed by atoms with Crippen LogP contribution in [-0.4, -0.2) is 40.6 Å². The molecule has 5 rings (SSSR count). The first-order chi connectivity index (χ1) is 19.3. The molecule has 0 aliphatic carbocycles. The molecule has 40 heavy (non-hydrogen) atoms. The lowest BCUT2D eigenvalue weighted by Crippen LogP contribution is -2.37. The Labute approximate surface area is 241 Å². The number of aromatic nitrogens is 2. The van der Waals surface area contributed by atoms with Gasteiger partial charge in [-0.05, 0) is 69.5 Å². The van der Waals surface area contributed by atoms with Gasteiger partial charge in [0.15, 0.2) is 0 Å².